The molecule has 10 nitrogen and oxygen atoms in total. The molecular formula is C15H16FN9O. The van der Waals surface area contributed by atoms with Crippen molar-refractivity contribution < 1.29 is 9.18 Å². The molecule has 26 heavy (non-hydrogen) atoms. The van der Waals surface area contributed by atoms with Crippen LogP contribution in [0.15, 0.2) is 24.5 Å². The van der Waals surface area contributed by atoms with Crippen LogP contribution in [0.4, 0.5) is 14.9 Å². The average molecular weight is 357 g/mol. The maximum absolute atomic E-state index is 14.2. The quantitative estimate of drug-likeness (QED) is 0.735. The number of nitrogens with one attached hydrogen (secondary N) is 2. The van der Waals surface area contributed by atoms with Gasteiger partial charge in [-0.3, -0.25) is 5.10 Å². The second kappa shape index (κ2) is 6.50. The summed E-state index contributed by atoms with van der Waals surface area (Å²) in [7, 11) is 0. The standard InChI is InChI=1S/C15H16FN9O/c1-9-18-14(21-20-9)13-3-2-6-24(13)15(26)19-12-7-10(4-5-11(12)16)25-8-17-22-23-25/h4-5,7-8,13H,2-3,6H2,1H3,(H,19,26)(H,18,20,21)/t13-/m1/s1. The third-order valence-corrected chi connectivity index (χ3v) is 4.23. The van der Waals surface area contributed by atoms with Crippen LogP contribution in [0.25, 0.3) is 5.69 Å². The number of carbonyl (C=O) groups excluding carboxylic acids is 1. The molecule has 3 heterocycles. The van der Waals surface area contributed by atoms with Crippen LogP contribution in [0.5, 0.6) is 0 Å². The number of urea groups is 1. The predicted octanol–water partition coefficient (Wildman–Crippen LogP) is 1.60. The summed E-state index contributed by atoms with van der Waals surface area (Å²) >= 11 is 0. The third kappa shape index (κ3) is 2.98. The normalized spacial score (nSPS) is 16.8. The Bertz CT molecular complexity index is 923. The number of carbonyl (C=O) groups is 1. The van der Waals surface area contributed by atoms with Crippen molar-refractivity contribution in [2.75, 3.05) is 11.9 Å². The summed E-state index contributed by atoms with van der Waals surface area (Å²) in [5, 5.41) is 20.4. The number of nitrogens with zero attached hydrogens (tertiary/aromatic N) is 7. The molecule has 11 heteroatoms. The number of H-pyrrole nitrogens is 1. The summed E-state index contributed by atoms with van der Waals surface area (Å²) in [6.07, 6.45) is 2.98. The topological polar surface area (TPSA) is 118 Å². The largest absolute Gasteiger partial charge is 0.322 e. The second-order valence-electron chi connectivity index (χ2n) is 5.98. The summed E-state index contributed by atoms with van der Waals surface area (Å²) in [6, 6.07) is 3.63. The van der Waals surface area contributed by atoms with Crippen molar-refractivity contribution in [3.05, 3.63) is 42.0 Å². The molecule has 1 aliphatic heterocycles. The second-order valence-corrected chi connectivity index (χ2v) is 5.98. The Labute approximate surface area is 147 Å². The van der Waals surface area contributed by atoms with E-state index in [4.69, 9.17) is 0 Å². The highest BCUT2D eigenvalue weighted by atomic mass is 19.1. The number of amides is 2. The minimum Gasteiger partial charge on any atom is -0.314 e. The fourth-order valence-corrected chi connectivity index (χ4v) is 3.01. The van der Waals surface area contributed by atoms with Crippen molar-refractivity contribution in [3.8, 4) is 5.69 Å². The van der Waals surface area contributed by atoms with E-state index in [1.165, 1.54) is 29.2 Å². The summed E-state index contributed by atoms with van der Waals surface area (Å²) in [5.74, 6) is 0.713. The van der Waals surface area contributed by atoms with Crippen LogP contribution in [-0.2, 0) is 0 Å². The SMILES string of the molecule is Cc1nc([C@H]2CCCN2C(=O)Nc2cc(-n3cnnn3)ccc2F)n[nH]1. The molecule has 0 unspecified atom stereocenters. The first-order valence-electron chi connectivity index (χ1n) is 8.11. The molecule has 0 bridgehead atoms. The van der Waals surface area contributed by atoms with Gasteiger partial charge in [0.25, 0.3) is 0 Å². The number of hydrogen-bond acceptors (Lipinski definition) is 6. The molecule has 1 aromatic carbocycles. The molecule has 0 aliphatic carbocycles. The van der Waals surface area contributed by atoms with Crippen LogP contribution in [0, 0.1) is 12.7 Å². The van der Waals surface area contributed by atoms with Crippen LogP contribution in [0.3, 0.4) is 0 Å². The average Bonchev–Trinajstić information content (AvgIpc) is 3.37. The maximum atomic E-state index is 14.2. The minimum absolute atomic E-state index is 0.0554. The maximum Gasteiger partial charge on any atom is 0.322 e. The van der Waals surface area contributed by atoms with Crippen molar-refractivity contribution >= 4 is 11.7 Å². The van der Waals surface area contributed by atoms with Crippen molar-refractivity contribution in [1.29, 1.82) is 0 Å². The van der Waals surface area contributed by atoms with Gasteiger partial charge in [-0.25, -0.2) is 18.9 Å². The number of aryl methyl sites for hydroxylation is 1. The molecule has 4 rings (SSSR count). The molecule has 1 fully saturated rings. The lowest BCUT2D eigenvalue weighted by Gasteiger charge is -2.23. The van der Waals surface area contributed by atoms with Gasteiger partial charge in [0.1, 0.15) is 18.0 Å². The van der Waals surface area contributed by atoms with Gasteiger partial charge in [-0.05, 0) is 48.4 Å². The van der Waals surface area contributed by atoms with Crippen molar-refractivity contribution in [3.63, 3.8) is 0 Å². The van der Waals surface area contributed by atoms with E-state index >= 15 is 0 Å². The fourth-order valence-electron chi connectivity index (χ4n) is 3.01. The predicted molar refractivity (Wildman–Crippen MR) is 87.9 cm³/mol. The highest BCUT2D eigenvalue weighted by Gasteiger charge is 2.33. The Balaban J connectivity index is 1.55. The summed E-state index contributed by atoms with van der Waals surface area (Å²) in [6.45, 7) is 2.36. The number of aromatic amines is 1. The summed E-state index contributed by atoms with van der Waals surface area (Å²) in [5.41, 5.74) is 0.592. The Kier molecular flexibility index (Phi) is 4.03. The Morgan fingerprint density at radius 3 is 3.04 bits per heavy atom. The van der Waals surface area contributed by atoms with E-state index in [-0.39, 0.29) is 11.7 Å². The molecule has 0 saturated carbocycles. The molecule has 3 aromatic rings. The molecule has 2 N–H and O–H groups in total. The molecule has 2 aromatic heterocycles. The number of halogens is 1. The van der Waals surface area contributed by atoms with Crippen LogP contribution in [-0.4, -0.2) is 52.9 Å². The lowest BCUT2D eigenvalue weighted by Crippen LogP contribution is -2.35. The van der Waals surface area contributed by atoms with E-state index in [0.717, 1.165) is 12.8 Å². The molecule has 1 saturated heterocycles. The Morgan fingerprint density at radius 2 is 2.31 bits per heavy atom. The first-order valence-corrected chi connectivity index (χ1v) is 8.11. The van der Waals surface area contributed by atoms with Gasteiger partial charge in [-0.1, -0.05) is 0 Å². The first kappa shape index (κ1) is 16.1. The van der Waals surface area contributed by atoms with E-state index < -0.39 is 11.8 Å². The lowest BCUT2D eigenvalue weighted by molar-refractivity contribution is 0.205. The first-order chi connectivity index (χ1) is 12.6. The monoisotopic (exact) mass is 357 g/mol. The molecule has 0 spiro atoms. The number of likely N-dealkylation sites (tertiary alicyclic amines) is 1. The van der Waals surface area contributed by atoms with Gasteiger partial charge in [0.2, 0.25) is 0 Å². The van der Waals surface area contributed by atoms with Crippen LogP contribution in [0.1, 0.15) is 30.5 Å². The van der Waals surface area contributed by atoms with Gasteiger partial charge in [0.15, 0.2) is 5.82 Å². The van der Waals surface area contributed by atoms with E-state index in [1.807, 2.05) is 0 Å². The van der Waals surface area contributed by atoms with Gasteiger partial charge in [-0.2, -0.15) is 5.10 Å². The summed E-state index contributed by atoms with van der Waals surface area (Å²) in [4.78, 5) is 18.6. The summed E-state index contributed by atoms with van der Waals surface area (Å²) < 4.78 is 15.5. The number of tetrazole rings is 1. The van der Waals surface area contributed by atoms with E-state index in [9.17, 15) is 9.18 Å². The zero-order chi connectivity index (χ0) is 18.1. The zero-order valence-electron chi connectivity index (χ0n) is 13.9. The molecule has 2 amide bonds. The number of aromatic nitrogens is 7. The highest BCUT2D eigenvalue weighted by molar-refractivity contribution is 5.90. The molecular weight excluding hydrogens is 341 g/mol. The highest BCUT2D eigenvalue weighted by Crippen LogP contribution is 2.30. The van der Waals surface area contributed by atoms with Gasteiger partial charge < -0.3 is 10.2 Å². The van der Waals surface area contributed by atoms with Gasteiger partial charge in [-0.15, -0.1) is 5.10 Å². The number of benzene rings is 1. The molecule has 1 atom stereocenters. The zero-order valence-corrected chi connectivity index (χ0v) is 13.9. The van der Waals surface area contributed by atoms with Gasteiger partial charge in [0, 0.05) is 6.54 Å². The van der Waals surface area contributed by atoms with Crippen molar-refractivity contribution in [1.82, 2.24) is 40.3 Å². The lowest BCUT2D eigenvalue weighted by atomic mass is 10.2. The van der Waals surface area contributed by atoms with Crippen molar-refractivity contribution in [2.45, 2.75) is 25.8 Å². The Hall–Kier alpha value is -3.37. The molecule has 134 valence electrons. The van der Waals surface area contributed by atoms with Gasteiger partial charge >= 0.3 is 6.03 Å². The Morgan fingerprint density at radius 1 is 1.42 bits per heavy atom. The number of rotatable bonds is 3. The van der Waals surface area contributed by atoms with Crippen LogP contribution >= 0.6 is 0 Å². The fraction of sp³-hybridized carbons (Fsp3) is 0.333. The number of hydrogen-bond donors (Lipinski definition) is 2. The van der Waals surface area contributed by atoms with E-state index in [2.05, 4.69) is 36.0 Å². The van der Waals surface area contributed by atoms with Crippen LogP contribution in [0.2, 0.25) is 0 Å². The third-order valence-electron chi connectivity index (χ3n) is 4.23. The van der Waals surface area contributed by atoms with Crippen LogP contribution < -0.4 is 5.32 Å². The van der Waals surface area contributed by atoms with Gasteiger partial charge in [0.05, 0.1) is 17.4 Å². The van der Waals surface area contributed by atoms with E-state index in [0.29, 0.717) is 23.9 Å². The smallest absolute Gasteiger partial charge is 0.314 e. The molecule has 1 aliphatic rings. The van der Waals surface area contributed by atoms with E-state index in [1.54, 1.807) is 11.8 Å². The van der Waals surface area contributed by atoms with Crippen molar-refractivity contribution in [2.24, 2.45) is 0 Å². The number of anilines is 1. The minimum atomic E-state index is -0.542. The molecule has 0 radical (unpaired) electrons.